The number of hydrogen-bond donors (Lipinski definition) is 1. The van der Waals surface area contributed by atoms with Gasteiger partial charge in [0.05, 0.1) is 12.0 Å². The molecule has 0 aliphatic rings. The van der Waals surface area contributed by atoms with Crippen LogP contribution in [0.25, 0.3) is 0 Å². The number of benzene rings is 2. The van der Waals surface area contributed by atoms with Crippen LogP contribution in [0.2, 0.25) is 0 Å². The monoisotopic (exact) mass is 291 g/mol. The molecule has 0 spiro atoms. The zero-order valence-corrected chi connectivity index (χ0v) is 12.2. The molecule has 1 N–H and O–H groups in total. The largest absolute Gasteiger partial charge is 0.497 e. The molecule has 0 fully saturated rings. The van der Waals surface area contributed by atoms with E-state index >= 15 is 0 Å². The molecule has 0 radical (unpaired) electrons. The molecule has 2 aromatic carbocycles. The van der Waals surface area contributed by atoms with Crippen LogP contribution in [0.3, 0.4) is 0 Å². The molecular formula is C15H17NO3S. The standard InChI is InChI=1S/C15H17NO3S/c1-12(13-7-6-8-14(11-13)19-2)16-20(17,18)15-9-4-3-5-10-15/h3-12,16H,1-2H3/t12-/m0/s1. The number of rotatable bonds is 5. The van der Waals surface area contributed by atoms with Gasteiger partial charge in [0.25, 0.3) is 0 Å². The molecule has 0 amide bonds. The normalized spacial score (nSPS) is 12.9. The zero-order valence-electron chi connectivity index (χ0n) is 11.4. The summed E-state index contributed by atoms with van der Waals surface area (Å²) in [4.78, 5) is 0.259. The Balaban J connectivity index is 2.21. The van der Waals surface area contributed by atoms with Gasteiger partial charge in [-0.3, -0.25) is 0 Å². The van der Waals surface area contributed by atoms with Gasteiger partial charge in [0.1, 0.15) is 5.75 Å². The summed E-state index contributed by atoms with van der Waals surface area (Å²) in [5.41, 5.74) is 0.851. The molecule has 0 unspecified atom stereocenters. The topological polar surface area (TPSA) is 55.4 Å². The first-order valence-corrected chi connectivity index (χ1v) is 7.72. The smallest absolute Gasteiger partial charge is 0.241 e. The molecule has 2 rings (SSSR count). The fourth-order valence-corrected chi connectivity index (χ4v) is 3.13. The van der Waals surface area contributed by atoms with Gasteiger partial charge in [0.2, 0.25) is 10.0 Å². The third-order valence-corrected chi connectivity index (χ3v) is 4.54. The van der Waals surface area contributed by atoms with Gasteiger partial charge in [-0.25, -0.2) is 13.1 Å². The van der Waals surface area contributed by atoms with E-state index in [1.165, 1.54) is 0 Å². The molecule has 0 aliphatic carbocycles. The molecule has 0 saturated heterocycles. The van der Waals surface area contributed by atoms with Gasteiger partial charge >= 0.3 is 0 Å². The number of methoxy groups -OCH3 is 1. The first-order chi connectivity index (χ1) is 9.53. The van der Waals surface area contributed by atoms with Gasteiger partial charge in [-0.05, 0) is 36.8 Å². The second-order valence-corrected chi connectivity index (χ2v) is 6.15. The Morgan fingerprint density at radius 3 is 2.40 bits per heavy atom. The van der Waals surface area contributed by atoms with E-state index in [-0.39, 0.29) is 10.9 Å². The van der Waals surface area contributed by atoms with Gasteiger partial charge in [-0.2, -0.15) is 0 Å². The molecule has 20 heavy (non-hydrogen) atoms. The van der Waals surface area contributed by atoms with Crippen LogP contribution < -0.4 is 9.46 Å². The van der Waals surface area contributed by atoms with Crippen molar-refractivity contribution in [3.63, 3.8) is 0 Å². The maximum atomic E-state index is 12.2. The third-order valence-electron chi connectivity index (χ3n) is 2.98. The maximum Gasteiger partial charge on any atom is 0.241 e. The highest BCUT2D eigenvalue weighted by Crippen LogP contribution is 2.20. The van der Waals surface area contributed by atoms with E-state index in [2.05, 4.69) is 4.72 Å². The fraction of sp³-hybridized carbons (Fsp3) is 0.200. The fourth-order valence-electron chi connectivity index (χ4n) is 1.88. The quantitative estimate of drug-likeness (QED) is 0.921. The minimum atomic E-state index is -3.52. The van der Waals surface area contributed by atoms with Crippen LogP contribution in [-0.2, 0) is 10.0 Å². The van der Waals surface area contributed by atoms with E-state index in [1.807, 2.05) is 24.3 Å². The molecular weight excluding hydrogens is 274 g/mol. The van der Waals surface area contributed by atoms with Crippen LogP contribution in [0.15, 0.2) is 59.5 Å². The predicted octanol–water partition coefficient (Wildman–Crippen LogP) is 2.73. The Morgan fingerprint density at radius 1 is 1.05 bits per heavy atom. The van der Waals surface area contributed by atoms with Gasteiger partial charge < -0.3 is 4.74 Å². The lowest BCUT2D eigenvalue weighted by atomic mass is 10.1. The second-order valence-electron chi connectivity index (χ2n) is 4.43. The van der Waals surface area contributed by atoms with E-state index in [1.54, 1.807) is 44.4 Å². The predicted molar refractivity (Wildman–Crippen MR) is 78.2 cm³/mol. The van der Waals surface area contributed by atoms with Crippen molar-refractivity contribution < 1.29 is 13.2 Å². The van der Waals surface area contributed by atoms with Crippen molar-refractivity contribution in [2.45, 2.75) is 17.9 Å². The number of ether oxygens (including phenoxy) is 1. The van der Waals surface area contributed by atoms with E-state index in [0.717, 1.165) is 5.56 Å². The summed E-state index contributed by atoms with van der Waals surface area (Å²) in [6.07, 6.45) is 0. The lowest BCUT2D eigenvalue weighted by Gasteiger charge is -2.15. The van der Waals surface area contributed by atoms with Crippen molar-refractivity contribution >= 4 is 10.0 Å². The lowest BCUT2D eigenvalue weighted by Crippen LogP contribution is -2.26. The van der Waals surface area contributed by atoms with Crippen LogP contribution in [-0.4, -0.2) is 15.5 Å². The van der Waals surface area contributed by atoms with E-state index in [0.29, 0.717) is 5.75 Å². The molecule has 0 bridgehead atoms. The van der Waals surface area contributed by atoms with Crippen molar-refractivity contribution in [2.75, 3.05) is 7.11 Å². The molecule has 0 heterocycles. The Hall–Kier alpha value is -1.85. The molecule has 0 saturated carbocycles. The highest BCUT2D eigenvalue weighted by molar-refractivity contribution is 7.89. The Labute approximate surface area is 119 Å². The van der Waals surface area contributed by atoms with Crippen LogP contribution >= 0.6 is 0 Å². The average Bonchev–Trinajstić information content (AvgIpc) is 2.48. The van der Waals surface area contributed by atoms with Crippen LogP contribution in [0, 0.1) is 0 Å². The van der Waals surface area contributed by atoms with Gasteiger partial charge in [-0.15, -0.1) is 0 Å². The lowest BCUT2D eigenvalue weighted by molar-refractivity contribution is 0.413. The summed E-state index contributed by atoms with van der Waals surface area (Å²) < 4.78 is 32.3. The molecule has 106 valence electrons. The van der Waals surface area contributed by atoms with Crippen molar-refractivity contribution in [2.24, 2.45) is 0 Å². The molecule has 2 aromatic rings. The maximum absolute atomic E-state index is 12.2. The number of hydrogen-bond acceptors (Lipinski definition) is 3. The first kappa shape index (κ1) is 14.6. The van der Waals surface area contributed by atoms with Crippen LogP contribution in [0.4, 0.5) is 0 Å². The van der Waals surface area contributed by atoms with Crippen molar-refractivity contribution in [1.82, 2.24) is 4.72 Å². The van der Waals surface area contributed by atoms with E-state index in [4.69, 9.17) is 4.74 Å². The van der Waals surface area contributed by atoms with Crippen molar-refractivity contribution in [3.8, 4) is 5.75 Å². The Morgan fingerprint density at radius 2 is 1.75 bits per heavy atom. The minimum Gasteiger partial charge on any atom is -0.497 e. The second kappa shape index (κ2) is 6.07. The average molecular weight is 291 g/mol. The molecule has 0 aromatic heterocycles. The van der Waals surface area contributed by atoms with Gasteiger partial charge in [-0.1, -0.05) is 30.3 Å². The number of sulfonamides is 1. The van der Waals surface area contributed by atoms with Gasteiger partial charge in [0, 0.05) is 6.04 Å². The summed E-state index contributed by atoms with van der Waals surface area (Å²) >= 11 is 0. The van der Waals surface area contributed by atoms with Crippen LogP contribution in [0.1, 0.15) is 18.5 Å². The van der Waals surface area contributed by atoms with Crippen molar-refractivity contribution in [3.05, 3.63) is 60.2 Å². The zero-order chi connectivity index (χ0) is 14.6. The number of nitrogens with one attached hydrogen (secondary N) is 1. The van der Waals surface area contributed by atoms with Crippen LogP contribution in [0.5, 0.6) is 5.75 Å². The summed E-state index contributed by atoms with van der Waals surface area (Å²) in [6, 6.07) is 15.3. The first-order valence-electron chi connectivity index (χ1n) is 6.24. The minimum absolute atomic E-state index is 0.259. The third kappa shape index (κ3) is 3.37. The van der Waals surface area contributed by atoms with Gasteiger partial charge in [0.15, 0.2) is 0 Å². The summed E-state index contributed by atoms with van der Waals surface area (Å²) in [7, 11) is -1.94. The Bertz CT molecular complexity index is 669. The Kier molecular flexibility index (Phi) is 4.42. The summed E-state index contributed by atoms with van der Waals surface area (Å²) in [5.74, 6) is 0.702. The highest BCUT2D eigenvalue weighted by Gasteiger charge is 2.18. The van der Waals surface area contributed by atoms with E-state index in [9.17, 15) is 8.42 Å². The summed E-state index contributed by atoms with van der Waals surface area (Å²) in [6.45, 7) is 1.80. The molecule has 5 heteroatoms. The summed E-state index contributed by atoms with van der Waals surface area (Å²) in [5, 5.41) is 0. The van der Waals surface area contributed by atoms with Crippen molar-refractivity contribution in [1.29, 1.82) is 0 Å². The SMILES string of the molecule is COc1cccc([C@H](C)NS(=O)(=O)c2ccccc2)c1. The highest BCUT2D eigenvalue weighted by atomic mass is 32.2. The molecule has 1 atom stereocenters. The molecule has 0 aliphatic heterocycles. The molecule has 4 nitrogen and oxygen atoms in total. The van der Waals surface area contributed by atoms with E-state index < -0.39 is 10.0 Å².